The fraction of sp³-hybridized carbons (Fsp3) is 0.571. The molecule has 1 saturated carbocycles. The summed E-state index contributed by atoms with van der Waals surface area (Å²) < 4.78 is 30.5. The Balaban J connectivity index is 0.00000264. The molecule has 1 aromatic heterocycles. The lowest BCUT2D eigenvalue weighted by Crippen LogP contribution is -2.33. The summed E-state index contributed by atoms with van der Waals surface area (Å²) in [6.45, 7) is 1.98. The number of carbonyl (C=O) groups excluding carboxylic acids is 1. The number of aromatic nitrogens is 1. The highest BCUT2D eigenvalue weighted by Gasteiger charge is 2.27. The third-order valence-electron chi connectivity index (χ3n) is 3.61. The van der Waals surface area contributed by atoms with E-state index in [0.717, 1.165) is 25.7 Å². The molecule has 0 unspecified atom stereocenters. The molecule has 2 rings (SSSR count). The van der Waals surface area contributed by atoms with E-state index < -0.39 is 12.3 Å². The van der Waals surface area contributed by atoms with Crippen LogP contribution in [0.15, 0.2) is 24.4 Å². The van der Waals surface area contributed by atoms with Crippen molar-refractivity contribution in [3.05, 3.63) is 24.4 Å². The molecule has 1 amide bonds. The number of anilines is 1. The smallest absolute Gasteiger partial charge is 0.227 e. The van der Waals surface area contributed by atoms with Gasteiger partial charge in [0.2, 0.25) is 5.91 Å². The van der Waals surface area contributed by atoms with Gasteiger partial charge in [0.1, 0.15) is 0 Å². The predicted molar refractivity (Wildman–Crippen MR) is 75.6 cm³/mol. The summed E-state index contributed by atoms with van der Waals surface area (Å²) in [6.07, 6.45) is 2.42. The number of nitrogens with one attached hydrogen (secondary N) is 1. The fourth-order valence-electron chi connectivity index (χ4n) is 2.42. The Morgan fingerprint density at radius 3 is 2.53 bits per heavy atom. The summed E-state index contributed by atoms with van der Waals surface area (Å²) in [4.78, 5) is 15.8. The maximum Gasteiger partial charge on any atom is 0.227 e. The molecule has 0 saturated heterocycles. The van der Waals surface area contributed by atoms with Gasteiger partial charge < -0.3 is 16.5 Å². The fourth-order valence-corrected chi connectivity index (χ4v) is 2.42. The average molecular weight is 269 g/mol. The van der Waals surface area contributed by atoms with Gasteiger partial charge in [0, 0.05) is 30.0 Å². The molecule has 1 atom stereocenters. The summed E-state index contributed by atoms with van der Waals surface area (Å²) >= 11 is 0. The standard InChI is InChI=1S/C14H21N3O.H2O/c1-10(15)11-2-4-12(5-3-11)14(18)17-13-6-8-16-9-7-13;/h6-12H,2-5,15H2,1H3,(H,16,17,18);1H2/t10-,11?,12?;/m1./s1/i6D,7D,8D,9D;. The Hall–Kier alpha value is -1.46. The van der Waals surface area contributed by atoms with Crippen molar-refractivity contribution in [2.45, 2.75) is 38.6 Å². The van der Waals surface area contributed by atoms with Crippen molar-refractivity contribution in [2.75, 3.05) is 5.32 Å². The maximum absolute atomic E-state index is 12.3. The molecule has 106 valence electrons. The van der Waals surface area contributed by atoms with Gasteiger partial charge in [-0.25, -0.2) is 0 Å². The van der Waals surface area contributed by atoms with Crippen LogP contribution in [0.25, 0.3) is 0 Å². The van der Waals surface area contributed by atoms with Crippen molar-refractivity contribution in [1.29, 1.82) is 0 Å². The molecule has 0 aromatic carbocycles. The van der Waals surface area contributed by atoms with Gasteiger partial charge in [0.25, 0.3) is 0 Å². The van der Waals surface area contributed by atoms with Crippen molar-refractivity contribution in [3.8, 4) is 0 Å². The summed E-state index contributed by atoms with van der Waals surface area (Å²) in [6, 6.07) is -0.516. The normalized spacial score (nSPS) is 27.1. The van der Waals surface area contributed by atoms with Crippen molar-refractivity contribution < 1.29 is 15.8 Å². The molecule has 5 nitrogen and oxygen atoms in total. The predicted octanol–water partition coefficient (Wildman–Crippen LogP) is 1.35. The van der Waals surface area contributed by atoms with Gasteiger partial charge in [-0.3, -0.25) is 9.78 Å². The highest BCUT2D eigenvalue weighted by Crippen LogP contribution is 2.30. The Kier molecular flexibility index (Phi) is 3.92. The van der Waals surface area contributed by atoms with Crippen LogP contribution in [0.1, 0.15) is 38.1 Å². The molecule has 19 heavy (non-hydrogen) atoms. The van der Waals surface area contributed by atoms with Gasteiger partial charge in [0.05, 0.1) is 5.48 Å². The SMILES string of the molecule is O.[2H]c1nc([2H])c([2H])c(NC(=O)C2CCC([C@@H](C)N)CC2)c1[2H]. The average Bonchev–Trinajstić information content (AvgIpc) is 2.49. The van der Waals surface area contributed by atoms with E-state index >= 15 is 0 Å². The molecule has 5 heteroatoms. The zero-order valence-electron chi connectivity index (χ0n) is 15.0. The highest BCUT2D eigenvalue weighted by molar-refractivity contribution is 5.92. The minimum atomic E-state index is -0.406. The minimum absolute atomic E-state index is 0. The van der Waals surface area contributed by atoms with Gasteiger partial charge >= 0.3 is 0 Å². The number of nitrogens with two attached hydrogens (primary N) is 1. The van der Waals surface area contributed by atoms with Crippen LogP contribution in [0.5, 0.6) is 0 Å². The minimum Gasteiger partial charge on any atom is -0.412 e. The molecule has 1 aromatic rings. The zero-order valence-corrected chi connectivity index (χ0v) is 11.0. The Morgan fingerprint density at radius 1 is 1.42 bits per heavy atom. The second-order valence-corrected chi connectivity index (χ2v) is 4.92. The van der Waals surface area contributed by atoms with Crippen molar-refractivity contribution in [2.24, 2.45) is 17.6 Å². The quantitative estimate of drug-likeness (QED) is 0.866. The maximum atomic E-state index is 12.3. The third-order valence-corrected chi connectivity index (χ3v) is 3.61. The van der Waals surface area contributed by atoms with Crippen molar-refractivity contribution in [1.82, 2.24) is 4.98 Å². The van der Waals surface area contributed by atoms with Gasteiger partial charge in [-0.05, 0) is 50.6 Å². The zero-order chi connectivity index (χ0) is 16.4. The number of amides is 1. The molecule has 1 heterocycles. The molecule has 0 aliphatic heterocycles. The van der Waals surface area contributed by atoms with Crippen LogP contribution < -0.4 is 11.1 Å². The van der Waals surface area contributed by atoms with E-state index in [1.165, 1.54) is 0 Å². The number of nitrogens with zero attached hydrogens (tertiary/aromatic N) is 1. The van der Waals surface area contributed by atoms with Crippen LogP contribution in [0, 0.1) is 11.8 Å². The summed E-state index contributed by atoms with van der Waals surface area (Å²) in [7, 11) is 0. The number of hydrogen-bond donors (Lipinski definition) is 2. The van der Waals surface area contributed by atoms with E-state index in [0.29, 0.717) is 5.92 Å². The molecule has 1 aliphatic rings. The molecule has 0 spiro atoms. The first kappa shape index (κ1) is 10.3. The van der Waals surface area contributed by atoms with E-state index in [2.05, 4.69) is 10.3 Å². The van der Waals surface area contributed by atoms with Crippen molar-refractivity contribution >= 4 is 11.6 Å². The lowest BCUT2D eigenvalue weighted by molar-refractivity contribution is -0.121. The van der Waals surface area contributed by atoms with Gasteiger partial charge in [-0.2, -0.15) is 0 Å². The van der Waals surface area contributed by atoms with Gasteiger partial charge in [0.15, 0.2) is 0 Å². The first-order valence-corrected chi connectivity index (χ1v) is 6.32. The lowest BCUT2D eigenvalue weighted by Gasteiger charge is -2.29. The molecule has 1 aliphatic carbocycles. The molecule has 5 N–H and O–H groups in total. The molecular formula is C14H23N3O2. The van der Waals surface area contributed by atoms with Crippen LogP contribution in [0.3, 0.4) is 0 Å². The summed E-state index contributed by atoms with van der Waals surface area (Å²) in [5, 5.41) is 2.55. The van der Waals surface area contributed by atoms with E-state index in [1.54, 1.807) is 0 Å². The topological polar surface area (TPSA) is 99.5 Å². The van der Waals surface area contributed by atoms with Gasteiger partial charge in [-0.1, -0.05) is 0 Å². The first-order valence-electron chi connectivity index (χ1n) is 8.32. The van der Waals surface area contributed by atoms with E-state index in [-0.39, 0.29) is 41.1 Å². The second-order valence-electron chi connectivity index (χ2n) is 4.92. The van der Waals surface area contributed by atoms with Crippen LogP contribution in [-0.2, 0) is 4.79 Å². The Labute approximate surface area is 119 Å². The number of rotatable bonds is 3. The van der Waals surface area contributed by atoms with Gasteiger partial charge in [-0.15, -0.1) is 0 Å². The second kappa shape index (κ2) is 7.21. The van der Waals surface area contributed by atoms with E-state index in [4.69, 9.17) is 11.2 Å². The monoisotopic (exact) mass is 269 g/mol. The number of hydrogen-bond acceptors (Lipinski definition) is 3. The van der Waals surface area contributed by atoms with Crippen LogP contribution in [0.2, 0.25) is 0 Å². The van der Waals surface area contributed by atoms with Crippen LogP contribution in [0.4, 0.5) is 5.69 Å². The lowest BCUT2D eigenvalue weighted by atomic mass is 9.79. The third kappa shape index (κ3) is 4.29. The Bertz CT molecular complexity index is 549. The largest absolute Gasteiger partial charge is 0.412 e. The number of pyridine rings is 1. The highest BCUT2D eigenvalue weighted by atomic mass is 16.1. The Morgan fingerprint density at radius 2 is 2.00 bits per heavy atom. The summed E-state index contributed by atoms with van der Waals surface area (Å²) in [5.41, 5.74) is 5.79. The van der Waals surface area contributed by atoms with Crippen LogP contribution in [-0.4, -0.2) is 22.4 Å². The molecule has 0 radical (unpaired) electrons. The van der Waals surface area contributed by atoms with Crippen molar-refractivity contribution in [3.63, 3.8) is 0 Å². The number of carbonyl (C=O) groups is 1. The van der Waals surface area contributed by atoms with E-state index in [1.807, 2.05) is 6.92 Å². The molecule has 0 bridgehead atoms. The summed E-state index contributed by atoms with van der Waals surface area (Å²) in [5.74, 6) is 0.00333. The first-order chi connectivity index (χ1) is 10.3. The molecule has 1 fully saturated rings. The molecular weight excluding hydrogens is 242 g/mol. The van der Waals surface area contributed by atoms with Crippen LogP contribution >= 0.6 is 0 Å². The van der Waals surface area contributed by atoms with E-state index in [9.17, 15) is 4.79 Å².